The number of ether oxygens (including phenoxy) is 1. The fourth-order valence-electron chi connectivity index (χ4n) is 3.64. The van der Waals surface area contributed by atoms with Crippen molar-refractivity contribution in [1.82, 2.24) is 0 Å². The Labute approximate surface area is 172 Å². The molecule has 0 aromatic heterocycles. The molecule has 27 heavy (non-hydrogen) atoms. The number of unbranched alkanes of at least 4 members (excludes halogenated alkanes) is 3. The van der Waals surface area contributed by atoms with Crippen LogP contribution in [0.3, 0.4) is 0 Å². The molecule has 0 heterocycles. The molecule has 0 saturated carbocycles. The van der Waals surface area contributed by atoms with Crippen LogP contribution in [0.5, 0.6) is 0 Å². The van der Waals surface area contributed by atoms with Gasteiger partial charge >= 0.3 is 173 Å². The van der Waals surface area contributed by atoms with Crippen molar-refractivity contribution in [2.45, 2.75) is 91.7 Å². The summed E-state index contributed by atoms with van der Waals surface area (Å²) in [5.41, 5.74) is 1.16. The minimum absolute atomic E-state index is 0.391. The van der Waals surface area contributed by atoms with Crippen LogP contribution < -0.4 is 0 Å². The van der Waals surface area contributed by atoms with Gasteiger partial charge in [-0.25, -0.2) is 0 Å². The SMILES string of the molecule is CCC[CH2][Sn](/[CH]=C/C[C@@H](O)COCc1ccccc1)([CH2]CCC)[CH2]CCC. The predicted molar refractivity (Wildman–Crippen MR) is 121 cm³/mol. The molecule has 1 aromatic carbocycles. The van der Waals surface area contributed by atoms with Gasteiger partial charge in [0.05, 0.1) is 0 Å². The van der Waals surface area contributed by atoms with E-state index in [0.717, 1.165) is 12.0 Å². The normalized spacial score (nSPS) is 13.3. The van der Waals surface area contributed by atoms with Crippen molar-refractivity contribution >= 4 is 18.4 Å². The monoisotopic (exact) mass is 482 g/mol. The van der Waals surface area contributed by atoms with E-state index in [1.54, 1.807) is 0 Å². The van der Waals surface area contributed by atoms with E-state index < -0.39 is 24.5 Å². The van der Waals surface area contributed by atoms with Crippen LogP contribution in [0.4, 0.5) is 0 Å². The Morgan fingerprint density at radius 2 is 1.48 bits per heavy atom. The van der Waals surface area contributed by atoms with Gasteiger partial charge in [-0.05, 0) is 0 Å². The van der Waals surface area contributed by atoms with Gasteiger partial charge in [0.25, 0.3) is 0 Å². The summed E-state index contributed by atoms with van der Waals surface area (Å²) in [6, 6.07) is 10.2. The first-order valence-electron chi connectivity index (χ1n) is 11.1. The molecule has 1 N–H and O–H groups in total. The zero-order valence-electron chi connectivity index (χ0n) is 18.0. The molecule has 0 spiro atoms. The second-order valence-electron chi connectivity index (χ2n) is 7.97. The van der Waals surface area contributed by atoms with Gasteiger partial charge in [-0.3, -0.25) is 0 Å². The molecule has 3 heteroatoms. The number of rotatable bonds is 16. The van der Waals surface area contributed by atoms with Gasteiger partial charge < -0.3 is 0 Å². The van der Waals surface area contributed by atoms with Gasteiger partial charge in [-0.2, -0.15) is 0 Å². The number of hydrogen-bond acceptors (Lipinski definition) is 2. The molecule has 1 aromatic rings. The first kappa shape index (κ1) is 24.7. The van der Waals surface area contributed by atoms with Gasteiger partial charge in [0.2, 0.25) is 0 Å². The number of aliphatic hydroxyl groups excluding tert-OH is 1. The summed E-state index contributed by atoms with van der Waals surface area (Å²) in [7, 11) is 0. The van der Waals surface area contributed by atoms with Crippen molar-refractivity contribution in [2.75, 3.05) is 6.61 Å². The van der Waals surface area contributed by atoms with Crippen LogP contribution in [0.25, 0.3) is 0 Å². The number of benzene rings is 1. The third-order valence-corrected chi connectivity index (χ3v) is 19.6. The van der Waals surface area contributed by atoms with Crippen molar-refractivity contribution in [1.29, 1.82) is 0 Å². The first-order chi connectivity index (χ1) is 13.2. The van der Waals surface area contributed by atoms with Crippen LogP contribution in [0.1, 0.15) is 71.3 Å². The number of aliphatic hydroxyl groups is 1. The van der Waals surface area contributed by atoms with E-state index in [-0.39, 0.29) is 0 Å². The van der Waals surface area contributed by atoms with Gasteiger partial charge in [0.1, 0.15) is 0 Å². The molecule has 0 amide bonds. The molecule has 0 radical (unpaired) electrons. The second-order valence-corrected chi connectivity index (χ2v) is 21.0. The molecule has 0 aliphatic rings. The predicted octanol–water partition coefficient (Wildman–Crippen LogP) is 6.90. The van der Waals surface area contributed by atoms with Gasteiger partial charge in [-0.15, -0.1) is 0 Å². The van der Waals surface area contributed by atoms with Crippen molar-refractivity contribution < 1.29 is 9.84 Å². The topological polar surface area (TPSA) is 29.5 Å². The van der Waals surface area contributed by atoms with Crippen LogP contribution in [0, 0.1) is 0 Å². The van der Waals surface area contributed by atoms with Crippen LogP contribution in [-0.2, 0) is 11.3 Å². The molecule has 1 rings (SSSR count). The number of hydrogen-bond donors (Lipinski definition) is 1. The van der Waals surface area contributed by atoms with E-state index in [4.69, 9.17) is 4.74 Å². The maximum atomic E-state index is 10.3. The zero-order valence-corrected chi connectivity index (χ0v) is 20.8. The molecule has 154 valence electrons. The summed E-state index contributed by atoms with van der Waals surface area (Å²) < 4.78 is 12.8. The van der Waals surface area contributed by atoms with Gasteiger partial charge in [0.15, 0.2) is 0 Å². The molecule has 0 aliphatic carbocycles. The van der Waals surface area contributed by atoms with Crippen molar-refractivity contribution in [3.63, 3.8) is 0 Å². The van der Waals surface area contributed by atoms with Crippen LogP contribution in [-0.4, -0.2) is 36.2 Å². The van der Waals surface area contributed by atoms with Crippen LogP contribution in [0.2, 0.25) is 13.3 Å². The zero-order chi connectivity index (χ0) is 19.8. The molecular weight excluding hydrogens is 439 g/mol. The average molecular weight is 481 g/mol. The Bertz CT molecular complexity index is 465. The molecular formula is C24H42O2Sn. The molecule has 2 nitrogen and oxygen atoms in total. The van der Waals surface area contributed by atoms with E-state index in [9.17, 15) is 5.11 Å². The van der Waals surface area contributed by atoms with E-state index in [1.807, 2.05) is 18.2 Å². The summed E-state index contributed by atoms with van der Waals surface area (Å²) >= 11 is -2.20. The van der Waals surface area contributed by atoms with Crippen LogP contribution >= 0.6 is 0 Å². The van der Waals surface area contributed by atoms with Crippen molar-refractivity contribution in [3.05, 3.63) is 46.1 Å². The molecule has 0 unspecified atom stereocenters. The van der Waals surface area contributed by atoms with E-state index in [1.165, 1.54) is 51.8 Å². The summed E-state index contributed by atoms with van der Waals surface area (Å²) in [6.07, 6.45) is 10.7. The summed E-state index contributed by atoms with van der Waals surface area (Å²) in [5.74, 6) is 0. The fourth-order valence-corrected chi connectivity index (χ4v) is 18.1. The molecule has 1 atom stereocenters. The minimum atomic E-state index is -2.20. The molecule has 0 bridgehead atoms. The maximum absolute atomic E-state index is 10.3. The summed E-state index contributed by atoms with van der Waals surface area (Å²) in [6.45, 7) is 7.93. The third-order valence-electron chi connectivity index (χ3n) is 5.39. The Morgan fingerprint density at radius 3 is 2.00 bits per heavy atom. The quantitative estimate of drug-likeness (QED) is 0.261. The average Bonchev–Trinajstić information content (AvgIpc) is 2.69. The Hall–Kier alpha value is -0.321. The van der Waals surface area contributed by atoms with Gasteiger partial charge in [0, 0.05) is 0 Å². The van der Waals surface area contributed by atoms with Gasteiger partial charge in [-0.1, -0.05) is 0 Å². The summed E-state index contributed by atoms with van der Waals surface area (Å²) in [4.78, 5) is 0. The standard InChI is InChI=1S/C12H15O2.3C4H9.Sn/c1-2-6-12(13)10-14-9-11-7-4-3-5-8-11;3*1-3-4-2;/h1-5,7-8,12-13H,6,9-10H2;3*1,3-4H2,2H3;/t12-;;;;/m1..../s1. The molecule has 0 saturated heterocycles. The first-order valence-corrected chi connectivity index (χ1v) is 18.8. The van der Waals surface area contributed by atoms with Crippen molar-refractivity contribution in [2.24, 2.45) is 0 Å². The van der Waals surface area contributed by atoms with Crippen LogP contribution in [0.15, 0.2) is 40.5 Å². The summed E-state index contributed by atoms with van der Waals surface area (Å²) in [5, 5.41) is 10.3. The molecule has 0 fully saturated rings. The van der Waals surface area contributed by atoms with E-state index in [2.05, 4.69) is 43.1 Å². The Kier molecular flexibility index (Phi) is 14.3. The van der Waals surface area contributed by atoms with E-state index >= 15 is 0 Å². The van der Waals surface area contributed by atoms with E-state index in [0.29, 0.717) is 13.2 Å². The van der Waals surface area contributed by atoms with Crippen molar-refractivity contribution in [3.8, 4) is 0 Å². The fraction of sp³-hybridized carbons (Fsp3) is 0.667. The Balaban J connectivity index is 2.51. The third kappa shape index (κ3) is 11.3. The Morgan fingerprint density at radius 1 is 0.926 bits per heavy atom. The molecule has 0 aliphatic heterocycles. The second kappa shape index (κ2) is 15.6.